The SMILES string of the molecule is CC/C=C/C=C/C=C\C=C/C=C/CCCC(CC(=O)NC(CO)C(O)CCCCCCCCCCCCCCCC)OC(=O)CCCCCCCCCCCCCCCC. The van der Waals surface area contributed by atoms with E-state index in [1.165, 1.54) is 141 Å². The van der Waals surface area contributed by atoms with Crippen molar-refractivity contribution in [2.45, 2.75) is 264 Å². The van der Waals surface area contributed by atoms with Gasteiger partial charge in [0, 0.05) is 6.42 Å². The van der Waals surface area contributed by atoms with Crippen LogP contribution in [-0.2, 0) is 14.3 Å². The van der Waals surface area contributed by atoms with Gasteiger partial charge in [0.05, 0.1) is 25.2 Å². The van der Waals surface area contributed by atoms with Crippen molar-refractivity contribution in [3.8, 4) is 0 Å². The first-order valence-electron chi connectivity index (χ1n) is 25.6. The molecule has 0 fully saturated rings. The molecule has 0 saturated heterocycles. The summed E-state index contributed by atoms with van der Waals surface area (Å²) in [6.07, 6.45) is 58.6. The lowest BCUT2D eigenvalue weighted by Crippen LogP contribution is -2.46. The Hall–Kier alpha value is -2.44. The molecule has 6 heteroatoms. The molecule has 0 aromatic heterocycles. The van der Waals surface area contributed by atoms with E-state index in [4.69, 9.17) is 4.74 Å². The molecule has 3 atom stereocenters. The van der Waals surface area contributed by atoms with Crippen molar-refractivity contribution in [3.63, 3.8) is 0 Å². The fourth-order valence-electron chi connectivity index (χ4n) is 7.63. The number of aliphatic hydroxyl groups excluding tert-OH is 2. The van der Waals surface area contributed by atoms with Crippen molar-refractivity contribution in [1.29, 1.82) is 0 Å². The van der Waals surface area contributed by atoms with Crippen LogP contribution >= 0.6 is 0 Å². The topological polar surface area (TPSA) is 95.9 Å². The summed E-state index contributed by atoms with van der Waals surface area (Å²) in [5.74, 6) is -0.541. The molecule has 0 aliphatic carbocycles. The molecule has 0 spiro atoms. The molecular formula is C54H97NO5. The first-order valence-corrected chi connectivity index (χ1v) is 25.6. The van der Waals surface area contributed by atoms with Crippen LogP contribution < -0.4 is 5.32 Å². The lowest BCUT2D eigenvalue weighted by molar-refractivity contribution is -0.151. The second-order valence-electron chi connectivity index (χ2n) is 17.3. The van der Waals surface area contributed by atoms with Gasteiger partial charge in [-0.3, -0.25) is 9.59 Å². The highest BCUT2D eigenvalue weighted by atomic mass is 16.5. The Kier molecular flexibility index (Phi) is 45.7. The Balaban J connectivity index is 4.65. The number of carbonyl (C=O) groups excluding carboxylic acids is 2. The van der Waals surface area contributed by atoms with Gasteiger partial charge >= 0.3 is 5.97 Å². The molecule has 0 bridgehead atoms. The number of unbranched alkanes of at least 4 members (excludes halogenated alkanes) is 27. The quantitative estimate of drug-likeness (QED) is 0.0322. The maximum atomic E-state index is 13.2. The molecule has 6 nitrogen and oxygen atoms in total. The van der Waals surface area contributed by atoms with Crippen molar-refractivity contribution in [2.75, 3.05) is 6.61 Å². The molecule has 0 aliphatic rings. The van der Waals surface area contributed by atoms with Crippen molar-refractivity contribution in [1.82, 2.24) is 5.32 Å². The zero-order valence-corrected chi connectivity index (χ0v) is 39.6. The number of hydrogen-bond acceptors (Lipinski definition) is 5. The second kappa shape index (κ2) is 47.6. The van der Waals surface area contributed by atoms with Crippen LogP contribution in [-0.4, -0.2) is 46.9 Å². The Morgan fingerprint density at radius 2 is 0.900 bits per heavy atom. The monoisotopic (exact) mass is 840 g/mol. The third kappa shape index (κ3) is 42.3. The lowest BCUT2D eigenvalue weighted by atomic mass is 10.0. The van der Waals surface area contributed by atoms with E-state index in [1.54, 1.807) is 0 Å². The molecule has 0 aromatic carbocycles. The van der Waals surface area contributed by atoms with Crippen LogP contribution in [0, 0.1) is 0 Å². The van der Waals surface area contributed by atoms with Gasteiger partial charge in [-0.05, 0) is 38.5 Å². The molecule has 3 N–H and O–H groups in total. The van der Waals surface area contributed by atoms with Gasteiger partial charge in [-0.15, -0.1) is 0 Å². The van der Waals surface area contributed by atoms with Crippen LogP contribution in [0.1, 0.15) is 245 Å². The molecular weight excluding hydrogens is 743 g/mol. The van der Waals surface area contributed by atoms with E-state index in [-0.39, 0.29) is 24.9 Å². The molecule has 0 aromatic rings. The molecule has 0 rings (SSSR count). The zero-order chi connectivity index (χ0) is 43.8. The van der Waals surface area contributed by atoms with Crippen LogP contribution in [0.3, 0.4) is 0 Å². The third-order valence-electron chi connectivity index (χ3n) is 11.5. The number of aliphatic hydroxyl groups is 2. The number of hydrogen-bond donors (Lipinski definition) is 3. The van der Waals surface area contributed by atoms with Crippen LogP contribution in [0.5, 0.6) is 0 Å². The number of carbonyl (C=O) groups is 2. The summed E-state index contributed by atoms with van der Waals surface area (Å²) in [4.78, 5) is 26.1. The Bertz CT molecular complexity index is 1080. The van der Waals surface area contributed by atoms with Gasteiger partial charge in [0.15, 0.2) is 0 Å². The third-order valence-corrected chi connectivity index (χ3v) is 11.5. The fourth-order valence-corrected chi connectivity index (χ4v) is 7.63. The highest BCUT2D eigenvalue weighted by Gasteiger charge is 2.24. The Morgan fingerprint density at radius 1 is 0.500 bits per heavy atom. The summed E-state index contributed by atoms with van der Waals surface area (Å²) in [6.45, 7) is 6.32. The predicted molar refractivity (Wildman–Crippen MR) is 259 cm³/mol. The van der Waals surface area contributed by atoms with Crippen LogP contribution in [0.25, 0.3) is 0 Å². The molecule has 1 amide bonds. The van der Waals surface area contributed by atoms with Gasteiger partial charge in [0.1, 0.15) is 6.10 Å². The van der Waals surface area contributed by atoms with E-state index in [0.717, 1.165) is 57.8 Å². The first kappa shape index (κ1) is 57.6. The summed E-state index contributed by atoms with van der Waals surface area (Å²) >= 11 is 0. The summed E-state index contributed by atoms with van der Waals surface area (Å²) in [7, 11) is 0. The minimum atomic E-state index is -0.806. The maximum absolute atomic E-state index is 13.2. The molecule has 0 saturated carbocycles. The minimum absolute atomic E-state index is 0.0297. The van der Waals surface area contributed by atoms with Crippen LogP contribution in [0.4, 0.5) is 0 Å². The molecule has 60 heavy (non-hydrogen) atoms. The number of allylic oxidation sites excluding steroid dienone is 10. The average molecular weight is 840 g/mol. The van der Waals surface area contributed by atoms with Crippen molar-refractivity contribution in [2.24, 2.45) is 0 Å². The van der Waals surface area contributed by atoms with E-state index < -0.39 is 18.2 Å². The van der Waals surface area contributed by atoms with Gasteiger partial charge in [0.25, 0.3) is 0 Å². The van der Waals surface area contributed by atoms with E-state index in [2.05, 4.69) is 38.2 Å². The normalized spacial score (nSPS) is 13.8. The molecule has 3 unspecified atom stereocenters. The highest BCUT2D eigenvalue weighted by Crippen LogP contribution is 2.17. The largest absolute Gasteiger partial charge is 0.462 e. The van der Waals surface area contributed by atoms with Gasteiger partial charge in [-0.25, -0.2) is 0 Å². The summed E-state index contributed by atoms with van der Waals surface area (Å²) in [5, 5.41) is 23.7. The Morgan fingerprint density at radius 3 is 1.33 bits per heavy atom. The summed E-state index contributed by atoms with van der Waals surface area (Å²) in [5.41, 5.74) is 0. The fraction of sp³-hybridized carbons (Fsp3) is 0.778. The van der Waals surface area contributed by atoms with E-state index in [9.17, 15) is 19.8 Å². The summed E-state index contributed by atoms with van der Waals surface area (Å²) < 4.78 is 5.89. The molecule has 0 aliphatic heterocycles. The molecule has 0 heterocycles. The number of nitrogens with one attached hydrogen (secondary N) is 1. The molecule has 348 valence electrons. The van der Waals surface area contributed by atoms with Gasteiger partial charge in [-0.1, -0.05) is 255 Å². The van der Waals surface area contributed by atoms with Crippen LogP contribution in [0.15, 0.2) is 60.8 Å². The standard InChI is InChI=1S/C54H97NO5/c1-4-7-10-13-16-19-22-25-28-31-34-37-40-43-46-52(57)51(49-56)55-53(58)48-50(45-42-39-36-33-30-27-24-21-18-15-12-9-6-3)60-54(59)47-44-41-38-35-32-29-26-23-20-17-14-11-8-5-2/h9,12,15,18,21,24,27,30,33,36,50-52,56-57H,4-8,10-11,13-14,16-17,19-20,22-23,25-26,28-29,31-32,34-35,37-49H2,1-3H3,(H,55,58)/b12-9+,18-15+,24-21-,30-27-,36-33+. The smallest absolute Gasteiger partial charge is 0.306 e. The second-order valence-corrected chi connectivity index (χ2v) is 17.3. The van der Waals surface area contributed by atoms with Gasteiger partial charge in [0.2, 0.25) is 5.91 Å². The lowest BCUT2D eigenvalue weighted by Gasteiger charge is -2.24. The van der Waals surface area contributed by atoms with Crippen molar-refractivity contribution < 1.29 is 24.5 Å². The van der Waals surface area contributed by atoms with Gasteiger partial charge in [-0.2, -0.15) is 0 Å². The zero-order valence-electron chi connectivity index (χ0n) is 39.6. The van der Waals surface area contributed by atoms with Crippen LogP contribution in [0.2, 0.25) is 0 Å². The number of esters is 1. The summed E-state index contributed by atoms with van der Waals surface area (Å²) in [6, 6.07) is -0.724. The number of rotatable bonds is 45. The Labute approximate surface area is 371 Å². The van der Waals surface area contributed by atoms with Gasteiger partial charge < -0.3 is 20.3 Å². The number of ether oxygens (including phenoxy) is 1. The van der Waals surface area contributed by atoms with E-state index >= 15 is 0 Å². The van der Waals surface area contributed by atoms with E-state index in [0.29, 0.717) is 19.3 Å². The van der Waals surface area contributed by atoms with Crippen molar-refractivity contribution in [3.05, 3.63) is 60.8 Å². The first-order chi connectivity index (χ1) is 29.5. The average Bonchev–Trinajstić information content (AvgIpc) is 3.24. The molecule has 0 radical (unpaired) electrons. The highest BCUT2D eigenvalue weighted by molar-refractivity contribution is 5.77. The number of amides is 1. The maximum Gasteiger partial charge on any atom is 0.306 e. The predicted octanol–water partition coefficient (Wildman–Crippen LogP) is 15.2. The van der Waals surface area contributed by atoms with E-state index in [1.807, 2.05) is 48.6 Å². The minimum Gasteiger partial charge on any atom is -0.462 e. The van der Waals surface area contributed by atoms with Crippen molar-refractivity contribution >= 4 is 11.9 Å².